The van der Waals surface area contributed by atoms with Gasteiger partial charge in [0.1, 0.15) is 0 Å². The number of hydrogen-bond acceptors (Lipinski definition) is 5. The van der Waals surface area contributed by atoms with Crippen molar-refractivity contribution in [3.05, 3.63) is 18.2 Å². The number of aromatic nitrogens is 2. The Balaban J connectivity index is 0.00000200. The van der Waals surface area contributed by atoms with Crippen molar-refractivity contribution in [1.82, 2.24) is 9.97 Å². The zero-order chi connectivity index (χ0) is 14.0. The molecule has 1 amide bonds. The van der Waals surface area contributed by atoms with E-state index in [1.807, 2.05) is 0 Å². The lowest BCUT2D eigenvalue weighted by Gasteiger charge is -2.00. The molecule has 10 heteroatoms. The monoisotopic (exact) mass is 339 g/mol. The molecule has 0 radical (unpaired) electrons. The molecule has 0 aliphatic rings. The van der Waals surface area contributed by atoms with Gasteiger partial charge in [0, 0.05) is 10.7 Å². The van der Waals surface area contributed by atoms with Crippen LogP contribution in [0.1, 0.15) is 6.92 Å². The Kier molecular flexibility index (Phi) is 5.21. The van der Waals surface area contributed by atoms with Gasteiger partial charge in [-0.15, -0.1) is 12.4 Å². The highest BCUT2D eigenvalue weighted by atomic mass is 35.7. The molecule has 2 aromatic rings. The second kappa shape index (κ2) is 6.29. The molecule has 0 aliphatic heterocycles. The normalized spacial score (nSPS) is 10.9. The van der Waals surface area contributed by atoms with E-state index in [1.165, 1.54) is 18.2 Å². The number of ether oxygens (including phenoxy) is 1. The number of fused-ring (bicyclic) bond motifs is 1. The van der Waals surface area contributed by atoms with Gasteiger partial charge >= 0.3 is 6.09 Å². The zero-order valence-corrected chi connectivity index (χ0v) is 12.6. The third-order valence-electron chi connectivity index (χ3n) is 2.23. The molecular formula is C10H11Cl2N3O4S. The maximum absolute atomic E-state index is 11.2. The van der Waals surface area contributed by atoms with Crippen molar-refractivity contribution in [2.45, 2.75) is 11.8 Å². The van der Waals surface area contributed by atoms with E-state index in [9.17, 15) is 13.2 Å². The first-order valence-corrected chi connectivity index (χ1v) is 7.59. The number of halogens is 2. The van der Waals surface area contributed by atoms with Crippen LogP contribution in [0.5, 0.6) is 0 Å². The van der Waals surface area contributed by atoms with Crippen LogP contribution in [0.25, 0.3) is 11.0 Å². The lowest BCUT2D eigenvalue weighted by atomic mass is 10.3. The quantitative estimate of drug-likeness (QED) is 0.836. The smallest absolute Gasteiger partial charge is 0.413 e. The highest BCUT2D eigenvalue weighted by Gasteiger charge is 2.13. The fourth-order valence-corrected chi connectivity index (χ4v) is 2.23. The van der Waals surface area contributed by atoms with Gasteiger partial charge in [-0.25, -0.2) is 18.2 Å². The standard InChI is InChI=1S/C10H10ClN3O4S.ClH/c1-2-18-10(15)14-9-12-7-4-3-6(19(11,16)17)5-8(7)13-9;/h3-5H,2H2,1H3,(H2,12,13,14,15);1H. The van der Waals surface area contributed by atoms with Gasteiger partial charge in [0.2, 0.25) is 5.95 Å². The second-order valence-corrected chi connectivity index (χ2v) is 6.11. The first-order chi connectivity index (χ1) is 8.90. The van der Waals surface area contributed by atoms with Crippen LogP contribution in [0.4, 0.5) is 10.7 Å². The molecule has 1 aromatic heterocycles. The van der Waals surface area contributed by atoms with Gasteiger partial charge < -0.3 is 9.72 Å². The van der Waals surface area contributed by atoms with Crippen LogP contribution >= 0.6 is 23.1 Å². The number of anilines is 1. The molecule has 110 valence electrons. The highest BCUT2D eigenvalue weighted by Crippen LogP contribution is 2.21. The molecule has 0 atom stereocenters. The van der Waals surface area contributed by atoms with E-state index in [1.54, 1.807) is 6.92 Å². The lowest BCUT2D eigenvalue weighted by Crippen LogP contribution is -2.14. The maximum Gasteiger partial charge on any atom is 0.413 e. The third kappa shape index (κ3) is 3.75. The van der Waals surface area contributed by atoms with Gasteiger partial charge in [-0.05, 0) is 25.1 Å². The number of aromatic amines is 1. The summed E-state index contributed by atoms with van der Waals surface area (Å²) in [4.78, 5) is 18.0. The fraction of sp³-hybridized carbons (Fsp3) is 0.200. The van der Waals surface area contributed by atoms with Crippen molar-refractivity contribution in [2.24, 2.45) is 0 Å². The Hall–Kier alpha value is -1.51. The van der Waals surface area contributed by atoms with E-state index in [-0.39, 0.29) is 29.9 Å². The molecular weight excluding hydrogens is 329 g/mol. The van der Waals surface area contributed by atoms with Crippen molar-refractivity contribution in [2.75, 3.05) is 11.9 Å². The summed E-state index contributed by atoms with van der Waals surface area (Å²) in [6, 6.07) is 4.16. The van der Waals surface area contributed by atoms with Crippen molar-refractivity contribution < 1.29 is 17.9 Å². The minimum atomic E-state index is -3.81. The largest absolute Gasteiger partial charge is 0.450 e. The molecule has 0 spiro atoms. The predicted molar refractivity (Wildman–Crippen MR) is 77.0 cm³/mol. The molecule has 20 heavy (non-hydrogen) atoms. The van der Waals surface area contributed by atoms with Gasteiger partial charge in [0.25, 0.3) is 9.05 Å². The Morgan fingerprint density at radius 3 is 2.80 bits per heavy atom. The molecule has 2 rings (SSSR count). The average Bonchev–Trinajstić information content (AvgIpc) is 2.68. The van der Waals surface area contributed by atoms with Gasteiger partial charge in [0.05, 0.1) is 22.5 Å². The number of carbonyl (C=O) groups is 1. The summed E-state index contributed by atoms with van der Waals surface area (Å²) in [5, 5.41) is 2.38. The maximum atomic E-state index is 11.2. The Bertz CT molecular complexity index is 729. The van der Waals surface area contributed by atoms with Crippen LogP contribution in [0.2, 0.25) is 0 Å². The number of H-pyrrole nitrogens is 1. The van der Waals surface area contributed by atoms with Crippen LogP contribution in [0.3, 0.4) is 0 Å². The van der Waals surface area contributed by atoms with E-state index < -0.39 is 15.1 Å². The molecule has 7 nitrogen and oxygen atoms in total. The molecule has 0 aliphatic carbocycles. The number of rotatable bonds is 3. The summed E-state index contributed by atoms with van der Waals surface area (Å²) in [7, 11) is 1.43. The number of benzene rings is 1. The summed E-state index contributed by atoms with van der Waals surface area (Å²) < 4.78 is 27.1. The van der Waals surface area contributed by atoms with Crippen LogP contribution in [0, 0.1) is 0 Å². The number of imidazole rings is 1. The average molecular weight is 340 g/mol. The van der Waals surface area contributed by atoms with E-state index >= 15 is 0 Å². The summed E-state index contributed by atoms with van der Waals surface area (Å²) in [6.45, 7) is 1.91. The Morgan fingerprint density at radius 2 is 2.20 bits per heavy atom. The molecule has 0 fully saturated rings. The molecule has 2 N–H and O–H groups in total. The van der Waals surface area contributed by atoms with Crippen LogP contribution in [-0.2, 0) is 13.8 Å². The summed E-state index contributed by atoms with van der Waals surface area (Å²) in [5.41, 5.74) is 0.935. The van der Waals surface area contributed by atoms with Crippen LogP contribution in [0.15, 0.2) is 23.1 Å². The minimum absolute atomic E-state index is 0. The first kappa shape index (κ1) is 16.5. The number of nitrogens with zero attached hydrogens (tertiary/aromatic N) is 1. The van der Waals surface area contributed by atoms with Gasteiger partial charge in [-0.1, -0.05) is 0 Å². The predicted octanol–water partition coefficient (Wildman–Crippen LogP) is 2.48. The van der Waals surface area contributed by atoms with Crippen molar-refractivity contribution >= 4 is 55.2 Å². The van der Waals surface area contributed by atoms with Crippen molar-refractivity contribution in [3.8, 4) is 0 Å². The van der Waals surface area contributed by atoms with Gasteiger partial charge in [0.15, 0.2) is 0 Å². The zero-order valence-electron chi connectivity index (χ0n) is 10.2. The van der Waals surface area contributed by atoms with Crippen molar-refractivity contribution in [1.29, 1.82) is 0 Å². The highest BCUT2D eigenvalue weighted by molar-refractivity contribution is 8.13. The minimum Gasteiger partial charge on any atom is -0.450 e. The molecule has 0 bridgehead atoms. The first-order valence-electron chi connectivity index (χ1n) is 5.28. The number of hydrogen-bond donors (Lipinski definition) is 2. The molecule has 1 aromatic carbocycles. The van der Waals surface area contributed by atoms with E-state index in [0.29, 0.717) is 11.0 Å². The Morgan fingerprint density at radius 1 is 1.50 bits per heavy atom. The van der Waals surface area contributed by atoms with E-state index in [4.69, 9.17) is 15.4 Å². The van der Waals surface area contributed by atoms with Crippen molar-refractivity contribution in [3.63, 3.8) is 0 Å². The number of carbonyl (C=O) groups excluding carboxylic acids is 1. The summed E-state index contributed by atoms with van der Waals surface area (Å²) in [5.74, 6) is 0.164. The Labute approximate surface area is 125 Å². The fourth-order valence-electron chi connectivity index (χ4n) is 1.46. The lowest BCUT2D eigenvalue weighted by molar-refractivity contribution is 0.167. The molecule has 0 saturated heterocycles. The summed E-state index contributed by atoms with van der Waals surface area (Å²) >= 11 is 0. The molecule has 0 saturated carbocycles. The third-order valence-corrected chi connectivity index (χ3v) is 3.58. The van der Waals surface area contributed by atoms with Gasteiger partial charge in [-0.3, -0.25) is 5.32 Å². The summed E-state index contributed by atoms with van der Waals surface area (Å²) in [6.07, 6.45) is -0.647. The number of nitrogens with one attached hydrogen (secondary N) is 2. The molecule has 1 heterocycles. The van der Waals surface area contributed by atoms with Gasteiger partial charge in [-0.2, -0.15) is 0 Å². The SMILES string of the molecule is CCOC(=O)Nc1nc2cc(S(=O)(=O)Cl)ccc2[nH]1.Cl. The molecule has 0 unspecified atom stereocenters. The van der Waals surface area contributed by atoms with Crippen LogP contribution < -0.4 is 5.32 Å². The second-order valence-electron chi connectivity index (χ2n) is 3.55. The van der Waals surface area contributed by atoms with E-state index in [2.05, 4.69) is 15.3 Å². The number of amides is 1. The van der Waals surface area contributed by atoms with Crippen LogP contribution in [-0.4, -0.2) is 31.1 Å². The topological polar surface area (TPSA) is 101 Å². The van der Waals surface area contributed by atoms with E-state index in [0.717, 1.165) is 0 Å².